The summed E-state index contributed by atoms with van der Waals surface area (Å²) in [6.07, 6.45) is -0.205. The van der Waals surface area contributed by atoms with E-state index in [1.54, 1.807) is 0 Å². The van der Waals surface area contributed by atoms with Gasteiger partial charge in [-0.25, -0.2) is 4.99 Å². The van der Waals surface area contributed by atoms with Crippen LogP contribution in [-0.4, -0.2) is 5.84 Å². The van der Waals surface area contributed by atoms with Gasteiger partial charge in [-0.15, -0.1) is 0 Å². The molecule has 2 unspecified atom stereocenters. The number of hydrogen-bond donors (Lipinski definition) is 2. The SMILES string of the molecule is Brc1ccc2oc3ccc(C4=NC(c5ccccc5)NC(c5ccccc5)N4)cc3c2c1. The predicted octanol–water partition coefficient (Wildman–Crippen LogP) is 6.69. The summed E-state index contributed by atoms with van der Waals surface area (Å²) < 4.78 is 7.07. The zero-order valence-corrected chi connectivity index (χ0v) is 18.7. The number of hydrogen-bond acceptors (Lipinski definition) is 4. The normalized spacial score (nSPS) is 18.5. The zero-order valence-electron chi connectivity index (χ0n) is 17.1. The molecule has 2 N–H and O–H groups in total. The highest BCUT2D eigenvalue weighted by Crippen LogP contribution is 2.32. The van der Waals surface area contributed by atoms with Crippen molar-refractivity contribution in [2.24, 2.45) is 4.99 Å². The average molecular weight is 482 g/mol. The van der Waals surface area contributed by atoms with Crippen molar-refractivity contribution in [2.75, 3.05) is 0 Å². The molecule has 1 aliphatic heterocycles. The molecule has 0 amide bonds. The largest absolute Gasteiger partial charge is 0.456 e. The molecule has 0 spiro atoms. The standard InChI is InChI=1S/C27H20BrN3O/c28-20-12-14-24-22(16-20)21-15-19(11-13-23(21)32-24)27-30-25(17-7-3-1-4-8-17)29-26(31-27)18-9-5-2-6-10-18/h1-16,25-26,29H,(H,30,31). The Morgan fingerprint density at radius 2 is 1.38 bits per heavy atom. The van der Waals surface area contributed by atoms with E-state index in [9.17, 15) is 0 Å². The Balaban J connectivity index is 1.47. The van der Waals surface area contributed by atoms with Gasteiger partial charge < -0.3 is 9.73 Å². The van der Waals surface area contributed by atoms with E-state index in [2.05, 4.69) is 81.2 Å². The zero-order chi connectivity index (χ0) is 21.5. The van der Waals surface area contributed by atoms with Gasteiger partial charge >= 0.3 is 0 Å². The third-order valence-corrected chi connectivity index (χ3v) is 6.31. The second-order valence-electron chi connectivity index (χ2n) is 7.90. The number of amidine groups is 1. The van der Waals surface area contributed by atoms with E-state index in [1.165, 1.54) is 5.56 Å². The van der Waals surface area contributed by atoms with Gasteiger partial charge in [0.2, 0.25) is 0 Å². The number of aliphatic imine (C=N–C) groups is 1. The van der Waals surface area contributed by atoms with E-state index in [0.29, 0.717) is 0 Å². The fourth-order valence-corrected chi connectivity index (χ4v) is 4.59. The average Bonchev–Trinajstić information content (AvgIpc) is 3.22. The van der Waals surface area contributed by atoms with E-state index < -0.39 is 0 Å². The lowest BCUT2D eigenvalue weighted by atomic mass is 10.1. The molecule has 1 aromatic heterocycles. The summed E-state index contributed by atoms with van der Waals surface area (Å²) in [5.41, 5.74) is 5.08. The molecule has 2 atom stereocenters. The Kier molecular flexibility index (Phi) is 4.78. The van der Waals surface area contributed by atoms with Crippen LogP contribution in [0, 0.1) is 0 Å². The summed E-state index contributed by atoms with van der Waals surface area (Å²) in [5.74, 6) is 0.859. The molecule has 1 aliphatic rings. The molecule has 2 heterocycles. The summed E-state index contributed by atoms with van der Waals surface area (Å²) in [4.78, 5) is 5.04. The lowest BCUT2D eigenvalue weighted by Crippen LogP contribution is -2.44. The first-order chi connectivity index (χ1) is 15.7. The van der Waals surface area contributed by atoms with Crippen molar-refractivity contribution >= 4 is 43.7 Å². The van der Waals surface area contributed by atoms with Crippen LogP contribution in [0.15, 0.2) is 111 Å². The molecule has 32 heavy (non-hydrogen) atoms. The van der Waals surface area contributed by atoms with Gasteiger partial charge in [-0.05, 0) is 47.5 Å². The molecule has 4 aromatic carbocycles. The second-order valence-corrected chi connectivity index (χ2v) is 8.81. The van der Waals surface area contributed by atoms with Crippen LogP contribution in [0.25, 0.3) is 21.9 Å². The van der Waals surface area contributed by atoms with Crippen LogP contribution in [0.2, 0.25) is 0 Å². The highest BCUT2D eigenvalue weighted by Gasteiger charge is 2.25. The lowest BCUT2D eigenvalue weighted by molar-refractivity contribution is 0.409. The van der Waals surface area contributed by atoms with Gasteiger partial charge in [0.05, 0.1) is 0 Å². The van der Waals surface area contributed by atoms with Crippen LogP contribution in [-0.2, 0) is 0 Å². The van der Waals surface area contributed by atoms with Crippen LogP contribution in [0.1, 0.15) is 29.0 Å². The number of nitrogens with zero attached hydrogens (tertiary/aromatic N) is 1. The minimum absolute atomic E-state index is 0.0557. The number of nitrogens with one attached hydrogen (secondary N) is 2. The Morgan fingerprint density at radius 3 is 2.12 bits per heavy atom. The van der Waals surface area contributed by atoms with Crippen molar-refractivity contribution in [2.45, 2.75) is 12.3 Å². The fourth-order valence-electron chi connectivity index (χ4n) is 4.23. The van der Waals surface area contributed by atoms with Gasteiger partial charge in [0, 0.05) is 20.8 Å². The minimum atomic E-state index is -0.149. The van der Waals surface area contributed by atoms with Gasteiger partial charge in [0.25, 0.3) is 0 Å². The van der Waals surface area contributed by atoms with E-state index in [0.717, 1.165) is 43.4 Å². The summed E-state index contributed by atoms with van der Waals surface area (Å²) in [7, 11) is 0. The highest BCUT2D eigenvalue weighted by atomic mass is 79.9. The maximum atomic E-state index is 6.04. The van der Waals surface area contributed by atoms with Crippen LogP contribution < -0.4 is 10.6 Å². The fraction of sp³-hybridized carbons (Fsp3) is 0.0741. The third-order valence-electron chi connectivity index (χ3n) is 5.82. The van der Waals surface area contributed by atoms with Crippen LogP contribution >= 0.6 is 15.9 Å². The molecular formula is C27H20BrN3O. The Labute approximate surface area is 194 Å². The first kappa shape index (κ1) is 19.3. The van der Waals surface area contributed by atoms with Crippen molar-refractivity contribution in [3.05, 3.63) is 118 Å². The molecule has 0 saturated carbocycles. The molecule has 6 rings (SSSR count). The molecule has 0 radical (unpaired) electrons. The Morgan fingerprint density at radius 1 is 0.719 bits per heavy atom. The summed E-state index contributed by atoms with van der Waals surface area (Å²) >= 11 is 3.58. The molecule has 5 aromatic rings. The van der Waals surface area contributed by atoms with Gasteiger partial charge in [-0.2, -0.15) is 0 Å². The molecular weight excluding hydrogens is 462 g/mol. The molecule has 0 bridgehead atoms. The van der Waals surface area contributed by atoms with Crippen LogP contribution in [0.5, 0.6) is 0 Å². The quantitative estimate of drug-likeness (QED) is 0.302. The second kappa shape index (κ2) is 7.93. The van der Waals surface area contributed by atoms with Gasteiger partial charge in [0.15, 0.2) is 0 Å². The first-order valence-electron chi connectivity index (χ1n) is 10.6. The smallest absolute Gasteiger partial charge is 0.135 e. The third kappa shape index (κ3) is 3.49. The lowest BCUT2D eigenvalue weighted by Gasteiger charge is -2.32. The first-order valence-corrected chi connectivity index (χ1v) is 11.4. The number of halogens is 1. The molecule has 4 nitrogen and oxygen atoms in total. The van der Waals surface area contributed by atoms with Crippen molar-refractivity contribution in [3.8, 4) is 0 Å². The molecule has 156 valence electrons. The number of rotatable bonds is 3. The number of fused-ring (bicyclic) bond motifs is 3. The van der Waals surface area contributed by atoms with Crippen molar-refractivity contribution in [3.63, 3.8) is 0 Å². The van der Waals surface area contributed by atoms with Crippen molar-refractivity contribution in [1.29, 1.82) is 0 Å². The maximum absolute atomic E-state index is 6.04. The van der Waals surface area contributed by atoms with E-state index in [1.807, 2.05) is 42.5 Å². The summed E-state index contributed by atoms with van der Waals surface area (Å²) in [5, 5.41) is 9.40. The van der Waals surface area contributed by atoms with Crippen LogP contribution in [0.4, 0.5) is 0 Å². The number of benzene rings is 4. The summed E-state index contributed by atoms with van der Waals surface area (Å²) in [6.45, 7) is 0. The molecule has 0 aliphatic carbocycles. The van der Waals surface area contributed by atoms with Gasteiger partial charge in [-0.3, -0.25) is 5.32 Å². The maximum Gasteiger partial charge on any atom is 0.135 e. The molecule has 5 heteroatoms. The monoisotopic (exact) mass is 481 g/mol. The Hall–Kier alpha value is -3.41. The van der Waals surface area contributed by atoms with Gasteiger partial charge in [0.1, 0.15) is 29.3 Å². The van der Waals surface area contributed by atoms with Crippen LogP contribution in [0.3, 0.4) is 0 Å². The molecule has 0 fully saturated rings. The van der Waals surface area contributed by atoms with Gasteiger partial charge in [-0.1, -0.05) is 76.6 Å². The highest BCUT2D eigenvalue weighted by molar-refractivity contribution is 9.10. The van der Waals surface area contributed by atoms with E-state index in [4.69, 9.17) is 9.41 Å². The van der Waals surface area contributed by atoms with E-state index in [-0.39, 0.29) is 12.3 Å². The van der Waals surface area contributed by atoms with E-state index >= 15 is 0 Å². The predicted molar refractivity (Wildman–Crippen MR) is 133 cm³/mol. The molecule has 0 saturated heterocycles. The Bertz CT molecular complexity index is 1440. The van der Waals surface area contributed by atoms with Crippen molar-refractivity contribution < 1.29 is 4.42 Å². The summed E-state index contributed by atoms with van der Waals surface area (Å²) in [6, 6.07) is 33.1. The number of furan rings is 1. The minimum Gasteiger partial charge on any atom is -0.456 e. The van der Waals surface area contributed by atoms with Crippen molar-refractivity contribution in [1.82, 2.24) is 10.6 Å². The topological polar surface area (TPSA) is 49.6 Å².